The molecule has 0 saturated heterocycles. The highest BCUT2D eigenvalue weighted by Gasteiger charge is 2.22. The molecule has 1 N–H and O–H groups in total. The van der Waals surface area contributed by atoms with Gasteiger partial charge in [0.2, 0.25) is 0 Å². The Kier molecular flexibility index (Phi) is 4.26. The van der Waals surface area contributed by atoms with Crippen LogP contribution in [0.5, 0.6) is 5.75 Å². The topological polar surface area (TPSA) is 21.3 Å². The van der Waals surface area contributed by atoms with Crippen molar-refractivity contribution < 1.29 is 4.74 Å². The molecule has 21 heavy (non-hydrogen) atoms. The van der Waals surface area contributed by atoms with Crippen molar-refractivity contribution in [3.05, 3.63) is 65.2 Å². The van der Waals surface area contributed by atoms with Crippen molar-refractivity contribution in [1.29, 1.82) is 0 Å². The summed E-state index contributed by atoms with van der Waals surface area (Å²) in [6.07, 6.45) is 2.73. The summed E-state index contributed by atoms with van der Waals surface area (Å²) >= 11 is 0. The van der Waals surface area contributed by atoms with Crippen molar-refractivity contribution in [1.82, 2.24) is 5.32 Å². The number of methoxy groups -OCH3 is 1. The van der Waals surface area contributed by atoms with Crippen LogP contribution in [0.3, 0.4) is 0 Å². The van der Waals surface area contributed by atoms with E-state index >= 15 is 0 Å². The van der Waals surface area contributed by atoms with Crippen molar-refractivity contribution in [2.24, 2.45) is 0 Å². The molecule has 0 spiro atoms. The number of hydrogen-bond donors (Lipinski definition) is 1. The molecule has 1 atom stereocenters. The van der Waals surface area contributed by atoms with E-state index < -0.39 is 0 Å². The Morgan fingerprint density at radius 1 is 1.10 bits per heavy atom. The first kappa shape index (κ1) is 14.2. The molecular formula is C19H23NO. The van der Waals surface area contributed by atoms with Gasteiger partial charge < -0.3 is 10.1 Å². The van der Waals surface area contributed by atoms with E-state index in [9.17, 15) is 0 Å². The van der Waals surface area contributed by atoms with Crippen LogP contribution < -0.4 is 10.1 Å². The lowest BCUT2D eigenvalue weighted by molar-refractivity contribution is 0.401. The molecule has 2 nitrogen and oxygen atoms in total. The zero-order chi connectivity index (χ0) is 14.7. The van der Waals surface area contributed by atoms with Crippen LogP contribution in [0.2, 0.25) is 0 Å². The van der Waals surface area contributed by atoms with Crippen LogP contribution in [0, 0.1) is 0 Å². The van der Waals surface area contributed by atoms with Crippen LogP contribution in [0.4, 0.5) is 0 Å². The molecule has 0 radical (unpaired) electrons. The Morgan fingerprint density at radius 2 is 1.81 bits per heavy atom. The lowest BCUT2D eigenvalue weighted by Crippen LogP contribution is -2.18. The standard InChI is InChI=1S/C19H23NO/c1-14(18-5-3-4-6-19(18)21-2)20-13-15-7-9-16(10-8-15)17-11-12-17/h3-10,14,17,20H,11-13H2,1-2H3. The molecule has 2 heteroatoms. The van der Waals surface area contributed by atoms with E-state index in [0.717, 1.165) is 18.2 Å². The Balaban J connectivity index is 1.61. The Morgan fingerprint density at radius 3 is 2.48 bits per heavy atom. The number of ether oxygens (including phenoxy) is 1. The Labute approximate surface area is 127 Å². The molecule has 0 aromatic heterocycles. The van der Waals surface area contributed by atoms with Crippen molar-refractivity contribution in [3.63, 3.8) is 0 Å². The highest BCUT2D eigenvalue weighted by molar-refractivity contribution is 5.35. The second-order valence-electron chi connectivity index (χ2n) is 5.86. The first-order valence-electron chi connectivity index (χ1n) is 7.73. The molecule has 3 rings (SSSR count). The number of rotatable bonds is 6. The quantitative estimate of drug-likeness (QED) is 0.846. The van der Waals surface area contributed by atoms with Gasteiger partial charge >= 0.3 is 0 Å². The Bertz CT molecular complexity index is 587. The molecular weight excluding hydrogens is 258 g/mol. The van der Waals surface area contributed by atoms with Gasteiger partial charge in [0, 0.05) is 18.2 Å². The normalized spacial score (nSPS) is 15.7. The fraction of sp³-hybridized carbons (Fsp3) is 0.368. The van der Waals surface area contributed by atoms with Gasteiger partial charge in [0.15, 0.2) is 0 Å². The smallest absolute Gasteiger partial charge is 0.123 e. The zero-order valence-corrected chi connectivity index (χ0v) is 12.8. The monoisotopic (exact) mass is 281 g/mol. The lowest BCUT2D eigenvalue weighted by Gasteiger charge is -2.17. The SMILES string of the molecule is COc1ccccc1C(C)NCc1ccc(C2CC2)cc1. The highest BCUT2D eigenvalue weighted by atomic mass is 16.5. The van der Waals surface area contributed by atoms with Crippen molar-refractivity contribution in [2.45, 2.75) is 38.3 Å². The van der Waals surface area contributed by atoms with Gasteiger partial charge in [-0.15, -0.1) is 0 Å². The molecule has 0 heterocycles. The fourth-order valence-corrected chi connectivity index (χ4v) is 2.73. The number of nitrogens with one attached hydrogen (secondary N) is 1. The van der Waals surface area contributed by atoms with Crippen LogP contribution >= 0.6 is 0 Å². The molecule has 1 unspecified atom stereocenters. The maximum absolute atomic E-state index is 5.43. The number of benzene rings is 2. The summed E-state index contributed by atoms with van der Waals surface area (Å²) in [7, 11) is 1.72. The summed E-state index contributed by atoms with van der Waals surface area (Å²) in [6.45, 7) is 3.06. The first-order valence-corrected chi connectivity index (χ1v) is 7.73. The summed E-state index contributed by atoms with van der Waals surface area (Å²) < 4.78 is 5.43. The third-order valence-electron chi connectivity index (χ3n) is 4.25. The summed E-state index contributed by atoms with van der Waals surface area (Å²) in [5.41, 5.74) is 4.03. The molecule has 0 amide bonds. The highest BCUT2D eigenvalue weighted by Crippen LogP contribution is 2.39. The van der Waals surface area contributed by atoms with E-state index in [-0.39, 0.29) is 6.04 Å². The van der Waals surface area contributed by atoms with E-state index in [0.29, 0.717) is 0 Å². The van der Waals surface area contributed by atoms with E-state index in [4.69, 9.17) is 4.74 Å². The maximum Gasteiger partial charge on any atom is 0.123 e. The van der Waals surface area contributed by atoms with E-state index in [2.05, 4.69) is 48.6 Å². The van der Waals surface area contributed by atoms with Crippen LogP contribution in [0.15, 0.2) is 48.5 Å². The third kappa shape index (κ3) is 3.45. The van der Waals surface area contributed by atoms with Gasteiger partial charge in [0.1, 0.15) is 5.75 Å². The first-order chi connectivity index (χ1) is 10.3. The average molecular weight is 281 g/mol. The summed E-state index contributed by atoms with van der Waals surface area (Å²) in [6, 6.07) is 17.5. The van der Waals surface area contributed by atoms with Gasteiger partial charge in [-0.3, -0.25) is 0 Å². The summed E-state index contributed by atoms with van der Waals surface area (Å²) in [5, 5.41) is 3.57. The van der Waals surface area contributed by atoms with Gasteiger partial charge in [0.05, 0.1) is 7.11 Å². The minimum absolute atomic E-state index is 0.268. The van der Waals surface area contributed by atoms with Crippen LogP contribution in [0.1, 0.15) is 48.4 Å². The van der Waals surface area contributed by atoms with Crippen molar-refractivity contribution >= 4 is 0 Å². The van der Waals surface area contributed by atoms with Gasteiger partial charge in [-0.2, -0.15) is 0 Å². The van der Waals surface area contributed by atoms with Gasteiger partial charge in [-0.1, -0.05) is 42.5 Å². The summed E-state index contributed by atoms with van der Waals surface area (Å²) in [4.78, 5) is 0. The van der Waals surface area contributed by atoms with E-state index in [1.165, 1.54) is 29.5 Å². The van der Waals surface area contributed by atoms with Crippen molar-refractivity contribution in [3.8, 4) is 5.75 Å². The molecule has 1 aliphatic carbocycles. The molecule has 1 aliphatic rings. The van der Waals surface area contributed by atoms with Gasteiger partial charge in [-0.05, 0) is 42.9 Å². The summed E-state index contributed by atoms with van der Waals surface area (Å²) in [5.74, 6) is 1.78. The predicted molar refractivity (Wildman–Crippen MR) is 86.7 cm³/mol. The molecule has 0 aliphatic heterocycles. The average Bonchev–Trinajstić information content (AvgIpc) is 3.38. The van der Waals surface area contributed by atoms with Crippen LogP contribution in [0.25, 0.3) is 0 Å². The second kappa shape index (κ2) is 6.31. The molecule has 110 valence electrons. The molecule has 0 bridgehead atoms. The molecule has 2 aromatic carbocycles. The largest absolute Gasteiger partial charge is 0.496 e. The zero-order valence-electron chi connectivity index (χ0n) is 12.8. The Hall–Kier alpha value is -1.80. The minimum Gasteiger partial charge on any atom is -0.496 e. The van der Waals surface area contributed by atoms with E-state index in [1.807, 2.05) is 12.1 Å². The second-order valence-corrected chi connectivity index (χ2v) is 5.86. The minimum atomic E-state index is 0.268. The molecule has 1 saturated carbocycles. The van der Waals surface area contributed by atoms with Crippen LogP contribution in [-0.4, -0.2) is 7.11 Å². The fourth-order valence-electron chi connectivity index (χ4n) is 2.73. The number of hydrogen-bond acceptors (Lipinski definition) is 2. The van der Waals surface area contributed by atoms with Crippen LogP contribution in [-0.2, 0) is 6.54 Å². The molecule has 1 fully saturated rings. The number of para-hydroxylation sites is 1. The molecule has 2 aromatic rings. The maximum atomic E-state index is 5.43. The van der Waals surface area contributed by atoms with Gasteiger partial charge in [-0.25, -0.2) is 0 Å². The third-order valence-corrected chi connectivity index (χ3v) is 4.25. The van der Waals surface area contributed by atoms with E-state index in [1.54, 1.807) is 7.11 Å². The van der Waals surface area contributed by atoms with Gasteiger partial charge in [0.25, 0.3) is 0 Å². The predicted octanol–water partition coefficient (Wildman–Crippen LogP) is 4.42. The lowest BCUT2D eigenvalue weighted by atomic mass is 10.1. The van der Waals surface area contributed by atoms with Crippen molar-refractivity contribution in [2.75, 3.05) is 7.11 Å².